The van der Waals surface area contributed by atoms with Crippen molar-refractivity contribution in [1.29, 1.82) is 0 Å². The largest absolute Gasteiger partial charge is 0.434 e. The fraction of sp³-hybridized carbons (Fsp3) is 0.0833. The highest BCUT2D eigenvalue weighted by molar-refractivity contribution is 5.69. The molecule has 2 nitrogen and oxygen atoms in total. The Labute approximate surface area is 95.7 Å². The summed E-state index contributed by atoms with van der Waals surface area (Å²) in [5, 5.41) is 0. The van der Waals surface area contributed by atoms with Crippen LogP contribution in [0, 0.1) is 5.82 Å². The highest BCUT2D eigenvalue weighted by Crippen LogP contribution is 2.31. The number of alkyl halides is 2. The van der Waals surface area contributed by atoms with Gasteiger partial charge in [0.05, 0.1) is 0 Å². The maximum absolute atomic E-state index is 13.5. The molecular weight excluding hydrogens is 231 g/mol. The Morgan fingerprint density at radius 2 is 1.82 bits per heavy atom. The zero-order chi connectivity index (χ0) is 12.3. The van der Waals surface area contributed by atoms with Crippen LogP contribution in [-0.4, -0.2) is 11.6 Å². The molecule has 0 radical (unpaired) electrons. The molecule has 0 fully saturated rings. The molecule has 2 rings (SSSR count). The first-order valence-corrected chi connectivity index (χ1v) is 4.82. The lowest BCUT2D eigenvalue weighted by molar-refractivity contribution is -0.0495. The van der Waals surface area contributed by atoms with Crippen LogP contribution in [-0.2, 0) is 0 Å². The van der Waals surface area contributed by atoms with Gasteiger partial charge in [-0.25, -0.2) is 4.39 Å². The van der Waals surface area contributed by atoms with E-state index in [2.05, 4.69) is 9.72 Å². The smallest absolute Gasteiger partial charge is 0.387 e. The molecule has 0 aliphatic carbocycles. The first kappa shape index (κ1) is 11.4. The van der Waals surface area contributed by atoms with Crippen molar-refractivity contribution in [3.63, 3.8) is 0 Å². The van der Waals surface area contributed by atoms with Crippen LogP contribution in [0.2, 0.25) is 0 Å². The summed E-state index contributed by atoms with van der Waals surface area (Å²) < 4.78 is 42.2. The molecule has 88 valence electrons. The molecule has 0 amide bonds. The molecule has 0 atom stereocenters. The van der Waals surface area contributed by atoms with Crippen molar-refractivity contribution in [2.75, 3.05) is 0 Å². The van der Waals surface area contributed by atoms with Crippen molar-refractivity contribution in [2.24, 2.45) is 0 Å². The Morgan fingerprint density at radius 1 is 1.06 bits per heavy atom. The Bertz CT molecular complexity index is 517. The minimum Gasteiger partial charge on any atom is -0.434 e. The van der Waals surface area contributed by atoms with E-state index in [1.54, 1.807) is 6.07 Å². The molecule has 1 aromatic carbocycles. The second kappa shape index (κ2) is 4.86. The number of hydrogen-bond donors (Lipinski definition) is 0. The number of ether oxygens (including phenoxy) is 1. The van der Waals surface area contributed by atoms with E-state index in [9.17, 15) is 13.2 Å². The van der Waals surface area contributed by atoms with Crippen LogP contribution in [0.1, 0.15) is 0 Å². The highest BCUT2D eigenvalue weighted by Gasteiger charge is 2.13. The summed E-state index contributed by atoms with van der Waals surface area (Å²) in [7, 11) is 0. The lowest BCUT2D eigenvalue weighted by atomic mass is 10.1. The van der Waals surface area contributed by atoms with Gasteiger partial charge in [0.1, 0.15) is 11.6 Å². The van der Waals surface area contributed by atoms with Gasteiger partial charge in [-0.2, -0.15) is 8.78 Å². The van der Waals surface area contributed by atoms with Gasteiger partial charge >= 0.3 is 6.61 Å². The van der Waals surface area contributed by atoms with Crippen LogP contribution in [0.15, 0.2) is 42.7 Å². The summed E-state index contributed by atoms with van der Waals surface area (Å²) in [6.07, 6.45) is 2.60. The maximum atomic E-state index is 13.5. The molecule has 0 saturated carbocycles. The van der Waals surface area contributed by atoms with E-state index in [1.807, 2.05) is 0 Å². The molecular formula is C12H8F3NO. The molecule has 0 N–H and O–H groups in total. The average Bonchev–Trinajstić information content (AvgIpc) is 2.30. The molecule has 17 heavy (non-hydrogen) atoms. The summed E-state index contributed by atoms with van der Waals surface area (Å²) in [5.41, 5.74) is 0.377. The molecule has 0 aliphatic rings. The first-order valence-electron chi connectivity index (χ1n) is 4.82. The van der Waals surface area contributed by atoms with Crippen LogP contribution in [0.5, 0.6) is 5.75 Å². The van der Waals surface area contributed by atoms with E-state index in [-0.39, 0.29) is 16.9 Å². The maximum Gasteiger partial charge on any atom is 0.387 e. The van der Waals surface area contributed by atoms with Crippen LogP contribution in [0.4, 0.5) is 13.2 Å². The molecule has 0 saturated heterocycles. The number of hydrogen-bond acceptors (Lipinski definition) is 2. The van der Waals surface area contributed by atoms with E-state index in [1.165, 1.54) is 36.7 Å². The molecule has 5 heteroatoms. The number of rotatable bonds is 3. The van der Waals surface area contributed by atoms with E-state index in [4.69, 9.17) is 0 Å². The third-order valence-electron chi connectivity index (χ3n) is 2.16. The standard InChI is InChI=1S/C12H8F3NO/c13-10-4-2-1-3-8(10)9-7-16-6-5-11(9)17-12(14)15/h1-7,12H. The highest BCUT2D eigenvalue weighted by atomic mass is 19.3. The van der Waals surface area contributed by atoms with Gasteiger partial charge in [-0.1, -0.05) is 18.2 Å². The van der Waals surface area contributed by atoms with Gasteiger partial charge in [0.2, 0.25) is 0 Å². The summed E-state index contributed by atoms with van der Waals surface area (Å²) in [5.74, 6) is -0.611. The summed E-state index contributed by atoms with van der Waals surface area (Å²) in [4.78, 5) is 3.78. The van der Waals surface area contributed by atoms with E-state index in [0.29, 0.717) is 0 Å². The second-order valence-electron chi connectivity index (χ2n) is 3.23. The fourth-order valence-corrected chi connectivity index (χ4v) is 1.46. The van der Waals surface area contributed by atoms with Crippen molar-refractivity contribution < 1.29 is 17.9 Å². The molecule has 2 aromatic rings. The second-order valence-corrected chi connectivity index (χ2v) is 3.23. The van der Waals surface area contributed by atoms with Gasteiger partial charge in [0.15, 0.2) is 0 Å². The zero-order valence-corrected chi connectivity index (χ0v) is 8.61. The Hall–Kier alpha value is -2.04. The average molecular weight is 239 g/mol. The van der Waals surface area contributed by atoms with Gasteiger partial charge in [-0.15, -0.1) is 0 Å². The Balaban J connectivity index is 2.48. The quantitative estimate of drug-likeness (QED) is 0.817. The van der Waals surface area contributed by atoms with Gasteiger partial charge in [-0.3, -0.25) is 4.98 Å². The Kier molecular flexibility index (Phi) is 3.27. The molecule has 1 heterocycles. The molecule has 0 bridgehead atoms. The van der Waals surface area contributed by atoms with Crippen molar-refractivity contribution in [2.45, 2.75) is 6.61 Å². The van der Waals surface area contributed by atoms with Gasteiger partial charge in [0.25, 0.3) is 0 Å². The minimum absolute atomic E-state index is 0.0971. The minimum atomic E-state index is -2.96. The van der Waals surface area contributed by atoms with E-state index >= 15 is 0 Å². The number of pyridine rings is 1. The van der Waals surface area contributed by atoms with Gasteiger partial charge < -0.3 is 4.74 Å². The third kappa shape index (κ3) is 2.55. The number of halogens is 3. The zero-order valence-electron chi connectivity index (χ0n) is 8.61. The van der Waals surface area contributed by atoms with E-state index in [0.717, 1.165) is 0 Å². The molecule has 0 aliphatic heterocycles. The lowest BCUT2D eigenvalue weighted by Gasteiger charge is -2.10. The topological polar surface area (TPSA) is 22.1 Å². The van der Waals surface area contributed by atoms with Crippen LogP contribution in [0.3, 0.4) is 0 Å². The van der Waals surface area contributed by atoms with Crippen LogP contribution in [0.25, 0.3) is 11.1 Å². The Morgan fingerprint density at radius 3 is 2.53 bits per heavy atom. The number of benzene rings is 1. The summed E-state index contributed by atoms with van der Waals surface area (Å²) in [6.45, 7) is -2.96. The van der Waals surface area contributed by atoms with E-state index < -0.39 is 12.4 Å². The van der Waals surface area contributed by atoms with Gasteiger partial charge in [-0.05, 0) is 12.1 Å². The predicted octanol–water partition coefficient (Wildman–Crippen LogP) is 3.49. The summed E-state index contributed by atoms with van der Waals surface area (Å²) in [6, 6.07) is 7.12. The van der Waals surface area contributed by atoms with Gasteiger partial charge in [0, 0.05) is 23.5 Å². The lowest BCUT2D eigenvalue weighted by Crippen LogP contribution is -2.03. The van der Waals surface area contributed by atoms with Crippen molar-refractivity contribution in [1.82, 2.24) is 4.98 Å². The fourth-order valence-electron chi connectivity index (χ4n) is 1.46. The normalized spacial score (nSPS) is 10.6. The van der Waals surface area contributed by atoms with Crippen molar-refractivity contribution in [3.8, 4) is 16.9 Å². The molecule has 0 unspecified atom stereocenters. The van der Waals surface area contributed by atoms with Crippen molar-refractivity contribution in [3.05, 3.63) is 48.5 Å². The van der Waals surface area contributed by atoms with Crippen molar-refractivity contribution >= 4 is 0 Å². The monoisotopic (exact) mass is 239 g/mol. The SMILES string of the molecule is Fc1ccccc1-c1cnccc1OC(F)F. The van der Waals surface area contributed by atoms with Crippen LogP contribution < -0.4 is 4.74 Å². The predicted molar refractivity (Wildman–Crippen MR) is 56.3 cm³/mol. The molecule has 1 aromatic heterocycles. The summed E-state index contributed by atoms with van der Waals surface area (Å²) >= 11 is 0. The first-order chi connectivity index (χ1) is 8.18. The third-order valence-corrected chi connectivity index (χ3v) is 2.16. The number of nitrogens with zero attached hydrogens (tertiary/aromatic N) is 1. The molecule has 0 spiro atoms. The number of aromatic nitrogens is 1. The van der Waals surface area contributed by atoms with Crippen LogP contribution >= 0.6 is 0 Å².